The van der Waals surface area contributed by atoms with Crippen LogP contribution in [-0.2, 0) is 9.59 Å². The summed E-state index contributed by atoms with van der Waals surface area (Å²) in [4.78, 5) is 29.6. The van der Waals surface area contributed by atoms with E-state index in [-0.39, 0.29) is 11.8 Å². The van der Waals surface area contributed by atoms with Crippen molar-refractivity contribution in [3.8, 4) is 0 Å². The van der Waals surface area contributed by atoms with Gasteiger partial charge in [0, 0.05) is 32.3 Å². The molecule has 5 heteroatoms. The van der Waals surface area contributed by atoms with Crippen molar-refractivity contribution in [1.29, 1.82) is 0 Å². The Morgan fingerprint density at radius 3 is 2.63 bits per heavy atom. The molecule has 0 bridgehead atoms. The van der Waals surface area contributed by atoms with Crippen molar-refractivity contribution >= 4 is 29.3 Å². The van der Waals surface area contributed by atoms with E-state index in [2.05, 4.69) is 28.5 Å². The van der Waals surface area contributed by atoms with Gasteiger partial charge in [-0.1, -0.05) is 36.4 Å². The van der Waals surface area contributed by atoms with Crippen molar-refractivity contribution in [2.45, 2.75) is 19.8 Å². The van der Waals surface area contributed by atoms with Crippen LogP contribution in [-0.4, -0.2) is 34.8 Å². The monoisotopic (exact) mass is 361 g/mol. The number of hydrogen-bond acceptors (Lipinski definition) is 3. The number of benzene rings is 1. The summed E-state index contributed by atoms with van der Waals surface area (Å²) in [5.74, 6) is 0.340. The molecular formula is C22H23N3O2. The van der Waals surface area contributed by atoms with Gasteiger partial charge >= 0.3 is 0 Å². The van der Waals surface area contributed by atoms with E-state index in [0.717, 1.165) is 24.9 Å². The lowest BCUT2D eigenvalue weighted by Gasteiger charge is -2.18. The molecule has 1 N–H and O–H groups in total. The van der Waals surface area contributed by atoms with E-state index in [4.69, 9.17) is 0 Å². The Balaban J connectivity index is 1.57. The van der Waals surface area contributed by atoms with Gasteiger partial charge < -0.3 is 10.2 Å². The van der Waals surface area contributed by atoms with Crippen molar-refractivity contribution in [2.75, 3.05) is 18.4 Å². The zero-order valence-corrected chi connectivity index (χ0v) is 15.4. The average molecular weight is 361 g/mol. The molecule has 5 nitrogen and oxygen atoms in total. The van der Waals surface area contributed by atoms with Crippen LogP contribution < -0.4 is 5.32 Å². The highest BCUT2D eigenvalue weighted by Gasteiger charge is 2.14. The SMILES string of the molecule is CC(=O)Nc1ccc(/C=C/C(=O)N2CCC=C(c3ccccc3)CC2)cn1. The summed E-state index contributed by atoms with van der Waals surface area (Å²) >= 11 is 0. The third-order valence-electron chi connectivity index (χ3n) is 4.41. The van der Waals surface area contributed by atoms with Gasteiger partial charge in [0.25, 0.3) is 0 Å². The normalized spacial score (nSPS) is 14.6. The third-order valence-corrected chi connectivity index (χ3v) is 4.41. The molecule has 3 rings (SSSR count). The van der Waals surface area contributed by atoms with Crippen LogP contribution in [0.2, 0.25) is 0 Å². The number of nitrogens with zero attached hydrogens (tertiary/aromatic N) is 2. The Morgan fingerprint density at radius 2 is 1.93 bits per heavy atom. The van der Waals surface area contributed by atoms with E-state index in [0.29, 0.717) is 12.4 Å². The minimum atomic E-state index is -0.161. The summed E-state index contributed by atoms with van der Waals surface area (Å²) < 4.78 is 0. The number of amides is 2. The Kier molecular flexibility index (Phi) is 6.15. The second-order valence-corrected chi connectivity index (χ2v) is 6.45. The van der Waals surface area contributed by atoms with Crippen molar-refractivity contribution < 1.29 is 9.59 Å². The zero-order chi connectivity index (χ0) is 19.1. The van der Waals surface area contributed by atoms with Crippen LogP contribution in [0.25, 0.3) is 11.6 Å². The molecule has 0 unspecified atom stereocenters. The zero-order valence-electron chi connectivity index (χ0n) is 15.4. The average Bonchev–Trinajstić information content (AvgIpc) is 2.94. The standard InChI is InChI=1S/C22H23N3O2/c1-17(26)24-21-11-9-18(16-23-21)10-12-22(27)25-14-5-8-20(13-15-25)19-6-3-2-4-7-19/h2-4,6-12,16H,5,13-15H2,1H3,(H,23,24,26)/b12-10+. The number of aromatic nitrogens is 1. The minimum Gasteiger partial charge on any atom is -0.339 e. The summed E-state index contributed by atoms with van der Waals surface area (Å²) in [5.41, 5.74) is 3.34. The van der Waals surface area contributed by atoms with Crippen molar-refractivity contribution in [3.05, 3.63) is 71.9 Å². The second-order valence-electron chi connectivity index (χ2n) is 6.45. The number of carbonyl (C=O) groups is 2. The molecule has 1 aliphatic rings. The number of rotatable bonds is 4. The van der Waals surface area contributed by atoms with Gasteiger partial charge in [-0.25, -0.2) is 4.98 Å². The molecule has 138 valence electrons. The molecule has 0 saturated carbocycles. The summed E-state index contributed by atoms with van der Waals surface area (Å²) in [6, 6.07) is 13.9. The Labute approximate surface area is 159 Å². The smallest absolute Gasteiger partial charge is 0.246 e. The first-order chi connectivity index (χ1) is 13.1. The molecule has 1 aromatic heterocycles. The first-order valence-electron chi connectivity index (χ1n) is 9.07. The predicted molar refractivity (Wildman–Crippen MR) is 108 cm³/mol. The molecule has 0 atom stereocenters. The minimum absolute atomic E-state index is 0.00338. The van der Waals surface area contributed by atoms with Crippen LogP contribution >= 0.6 is 0 Å². The van der Waals surface area contributed by atoms with E-state index in [9.17, 15) is 9.59 Å². The molecule has 0 spiro atoms. The first-order valence-corrected chi connectivity index (χ1v) is 9.07. The molecule has 0 saturated heterocycles. The highest BCUT2D eigenvalue weighted by Crippen LogP contribution is 2.22. The molecule has 27 heavy (non-hydrogen) atoms. The van der Waals surface area contributed by atoms with Gasteiger partial charge in [-0.3, -0.25) is 9.59 Å². The maximum Gasteiger partial charge on any atom is 0.246 e. The molecule has 1 aromatic carbocycles. The second kappa shape index (κ2) is 8.94. The van der Waals surface area contributed by atoms with Crippen LogP contribution in [0.5, 0.6) is 0 Å². The maximum absolute atomic E-state index is 12.5. The lowest BCUT2D eigenvalue weighted by Crippen LogP contribution is -2.30. The van der Waals surface area contributed by atoms with Gasteiger partial charge in [0.15, 0.2) is 0 Å². The Bertz CT molecular complexity index is 855. The molecule has 0 aliphatic carbocycles. The van der Waals surface area contributed by atoms with E-state index in [1.54, 1.807) is 24.4 Å². The van der Waals surface area contributed by atoms with Gasteiger partial charge in [0.05, 0.1) is 0 Å². The molecule has 2 aromatic rings. The van der Waals surface area contributed by atoms with Crippen LogP contribution in [0.4, 0.5) is 5.82 Å². The predicted octanol–water partition coefficient (Wildman–Crippen LogP) is 3.76. The van der Waals surface area contributed by atoms with E-state index >= 15 is 0 Å². The van der Waals surface area contributed by atoms with Crippen LogP contribution in [0.3, 0.4) is 0 Å². The molecular weight excluding hydrogens is 338 g/mol. The largest absolute Gasteiger partial charge is 0.339 e. The number of nitrogens with one attached hydrogen (secondary N) is 1. The van der Waals surface area contributed by atoms with E-state index < -0.39 is 0 Å². The topological polar surface area (TPSA) is 62.3 Å². The highest BCUT2D eigenvalue weighted by atomic mass is 16.2. The lowest BCUT2D eigenvalue weighted by atomic mass is 10.0. The fourth-order valence-corrected chi connectivity index (χ4v) is 3.03. The molecule has 2 amide bonds. The van der Waals surface area contributed by atoms with Crippen LogP contribution in [0, 0.1) is 0 Å². The fraction of sp³-hybridized carbons (Fsp3) is 0.227. The number of hydrogen-bond donors (Lipinski definition) is 1. The molecule has 0 radical (unpaired) electrons. The lowest BCUT2D eigenvalue weighted by molar-refractivity contribution is -0.125. The number of anilines is 1. The van der Waals surface area contributed by atoms with Gasteiger partial charge in [0.2, 0.25) is 11.8 Å². The van der Waals surface area contributed by atoms with Gasteiger partial charge in [0.1, 0.15) is 5.82 Å². The van der Waals surface area contributed by atoms with Crippen molar-refractivity contribution in [3.63, 3.8) is 0 Å². The first kappa shape index (κ1) is 18.6. The number of pyridine rings is 1. The summed E-state index contributed by atoms with van der Waals surface area (Å²) in [5, 5.41) is 2.62. The van der Waals surface area contributed by atoms with E-state index in [1.807, 2.05) is 29.2 Å². The molecule has 2 heterocycles. The van der Waals surface area contributed by atoms with E-state index in [1.165, 1.54) is 18.1 Å². The summed E-state index contributed by atoms with van der Waals surface area (Å²) in [6.45, 7) is 2.87. The molecule has 1 aliphatic heterocycles. The Hall–Kier alpha value is -3.21. The molecule has 0 fully saturated rings. The van der Waals surface area contributed by atoms with Gasteiger partial charge in [-0.15, -0.1) is 0 Å². The third kappa shape index (κ3) is 5.38. The van der Waals surface area contributed by atoms with Gasteiger partial charge in [-0.05, 0) is 47.8 Å². The van der Waals surface area contributed by atoms with Crippen LogP contribution in [0.15, 0.2) is 60.8 Å². The maximum atomic E-state index is 12.5. The Morgan fingerprint density at radius 1 is 1.11 bits per heavy atom. The van der Waals surface area contributed by atoms with Crippen molar-refractivity contribution in [1.82, 2.24) is 9.88 Å². The summed E-state index contributed by atoms with van der Waals surface area (Å²) in [7, 11) is 0. The van der Waals surface area contributed by atoms with Crippen LogP contribution in [0.1, 0.15) is 30.9 Å². The summed E-state index contributed by atoms with van der Waals surface area (Å²) in [6.07, 6.45) is 8.92. The van der Waals surface area contributed by atoms with Crippen molar-refractivity contribution in [2.24, 2.45) is 0 Å². The fourth-order valence-electron chi connectivity index (χ4n) is 3.03. The van der Waals surface area contributed by atoms with Gasteiger partial charge in [-0.2, -0.15) is 0 Å². The highest BCUT2D eigenvalue weighted by molar-refractivity contribution is 5.92. The quantitative estimate of drug-likeness (QED) is 0.844. The number of carbonyl (C=O) groups excluding carboxylic acids is 2.